The van der Waals surface area contributed by atoms with E-state index in [0.717, 1.165) is 12.0 Å². The molecule has 0 saturated heterocycles. The van der Waals surface area contributed by atoms with E-state index >= 15 is 0 Å². The van der Waals surface area contributed by atoms with Gasteiger partial charge in [0.2, 0.25) is 5.91 Å². The van der Waals surface area contributed by atoms with Crippen LogP contribution in [0.5, 0.6) is 0 Å². The van der Waals surface area contributed by atoms with Gasteiger partial charge in [0.05, 0.1) is 17.1 Å². The first kappa shape index (κ1) is 15.9. The summed E-state index contributed by atoms with van der Waals surface area (Å²) in [6, 6.07) is 3.59. The summed E-state index contributed by atoms with van der Waals surface area (Å²) < 4.78 is 13.1. The zero-order chi connectivity index (χ0) is 14.6. The third-order valence-corrected chi connectivity index (χ3v) is 3.65. The van der Waals surface area contributed by atoms with Crippen molar-refractivity contribution in [3.05, 3.63) is 34.6 Å². The molecule has 106 valence electrons. The molecule has 3 N–H and O–H groups in total. The van der Waals surface area contributed by atoms with Gasteiger partial charge in [-0.05, 0) is 30.5 Å². The minimum absolute atomic E-state index is 0.0461. The van der Waals surface area contributed by atoms with Gasteiger partial charge in [0.15, 0.2) is 0 Å². The fourth-order valence-corrected chi connectivity index (χ4v) is 1.88. The highest BCUT2D eigenvalue weighted by molar-refractivity contribution is 6.30. The average Bonchev–Trinajstić information content (AvgIpc) is 2.39. The van der Waals surface area contributed by atoms with Crippen LogP contribution in [0.3, 0.4) is 0 Å². The maximum Gasteiger partial charge on any atom is 0.237 e. The standard InChI is InChI=1S/C14H20ClFN2O/c1-4-8(2)13(17)14(19)18-9(3)10-5-6-12(16)11(15)7-10/h5-9,13H,4,17H2,1-3H3,(H,18,19). The van der Waals surface area contributed by atoms with Crippen molar-refractivity contribution in [2.75, 3.05) is 0 Å². The lowest BCUT2D eigenvalue weighted by Gasteiger charge is -2.21. The van der Waals surface area contributed by atoms with Crippen molar-refractivity contribution in [2.24, 2.45) is 11.7 Å². The fourth-order valence-electron chi connectivity index (χ4n) is 1.69. The number of amides is 1. The minimum atomic E-state index is -0.539. The monoisotopic (exact) mass is 286 g/mol. The van der Waals surface area contributed by atoms with Gasteiger partial charge >= 0.3 is 0 Å². The third-order valence-electron chi connectivity index (χ3n) is 3.36. The number of carbonyl (C=O) groups is 1. The van der Waals surface area contributed by atoms with Gasteiger partial charge in [-0.2, -0.15) is 0 Å². The predicted molar refractivity (Wildman–Crippen MR) is 75.4 cm³/mol. The van der Waals surface area contributed by atoms with Crippen LogP contribution < -0.4 is 11.1 Å². The molecular weight excluding hydrogens is 267 g/mol. The van der Waals surface area contributed by atoms with E-state index in [9.17, 15) is 9.18 Å². The molecule has 0 aliphatic carbocycles. The Morgan fingerprint density at radius 2 is 2.11 bits per heavy atom. The number of rotatable bonds is 5. The van der Waals surface area contributed by atoms with Crippen molar-refractivity contribution in [1.29, 1.82) is 0 Å². The molecule has 0 saturated carbocycles. The molecule has 0 aliphatic heterocycles. The van der Waals surface area contributed by atoms with Gasteiger partial charge in [0.1, 0.15) is 5.82 Å². The minimum Gasteiger partial charge on any atom is -0.348 e. The van der Waals surface area contributed by atoms with Crippen LogP contribution in [0.1, 0.15) is 38.8 Å². The number of hydrogen-bond donors (Lipinski definition) is 2. The first-order valence-electron chi connectivity index (χ1n) is 6.37. The Morgan fingerprint density at radius 1 is 1.47 bits per heavy atom. The van der Waals surface area contributed by atoms with E-state index in [1.165, 1.54) is 12.1 Å². The van der Waals surface area contributed by atoms with Crippen LogP contribution in [0.15, 0.2) is 18.2 Å². The first-order chi connectivity index (χ1) is 8.86. The fraction of sp³-hybridized carbons (Fsp3) is 0.500. The number of nitrogens with one attached hydrogen (secondary N) is 1. The molecule has 0 radical (unpaired) electrons. The molecule has 1 aromatic rings. The molecule has 0 aliphatic rings. The van der Waals surface area contributed by atoms with E-state index in [4.69, 9.17) is 17.3 Å². The summed E-state index contributed by atoms with van der Waals surface area (Å²) in [6.07, 6.45) is 0.839. The van der Waals surface area contributed by atoms with Crippen LogP contribution in [0.2, 0.25) is 5.02 Å². The van der Waals surface area contributed by atoms with Gasteiger partial charge in [-0.15, -0.1) is 0 Å². The van der Waals surface area contributed by atoms with E-state index in [1.54, 1.807) is 6.07 Å². The first-order valence-corrected chi connectivity index (χ1v) is 6.75. The van der Waals surface area contributed by atoms with Crippen molar-refractivity contribution in [1.82, 2.24) is 5.32 Å². The lowest BCUT2D eigenvalue weighted by Crippen LogP contribution is -2.45. The van der Waals surface area contributed by atoms with Crippen molar-refractivity contribution >= 4 is 17.5 Å². The molecular formula is C14H20ClFN2O. The van der Waals surface area contributed by atoms with Gasteiger partial charge in [0.25, 0.3) is 0 Å². The SMILES string of the molecule is CCC(C)C(N)C(=O)NC(C)c1ccc(F)c(Cl)c1. The van der Waals surface area contributed by atoms with Crippen LogP contribution in [0.25, 0.3) is 0 Å². The Morgan fingerprint density at radius 3 is 2.63 bits per heavy atom. The van der Waals surface area contributed by atoms with E-state index in [0.29, 0.717) is 0 Å². The van der Waals surface area contributed by atoms with Gasteiger partial charge in [-0.3, -0.25) is 4.79 Å². The van der Waals surface area contributed by atoms with E-state index < -0.39 is 11.9 Å². The molecule has 1 rings (SSSR count). The molecule has 1 amide bonds. The van der Waals surface area contributed by atoms with Crippen molar-refractivity contribution in [2.45, 2.75) is 39.3 Å². The Hall–Kier alpha value is -1.13. The highest BCUT2D eigenvalue weighted by Crippen LogP contribution is 2.21. The van der Waals surface area contributed by atoms with Gasteiger partial charge in [0, 0.05) is 0 Å². The zero-order valence-electron chi connectivity index (χ0n) is 11.4. The molecule has 3 atom stereocenters. The quantitative estimate of drug-likeness (QED) is 0.874. The van der Waals surface area contributed by atoms with Crippen molar-refractivity contribution in [3.8, 4) is 0 Å². The van der Waals surface area contributed by atoms with Crippen LogP contribution in [0.4, 0.5) is 4.39 Å². The second-order valence-corrected chi connectivity index (χ2v) is 5.22. The largest absolute Gasteiger partial charge is 0.348 e. The molecule has 0 heterocycles. The Bertz CT molecular complexity index is 453. The zero-order valence-corrected chi connectivity index (χ0v) is 12.2. The highest BCUT2D eigenvalue weighted by atomic mass is 35.5. The molecule has 19 heavy (non-hydrogen) atoms. The van der Waals surface area contributed by atoms with E-state index in [-0.39, 0.29) is 22.9 Å². The highest BCUT2D eigenvalue weighted by Gasteiger charge is 2.21. The molecule has 5 heteroatoms. The molecule has 3 nitrogen and oxygen atoms in total. The summed E-state index contributed by atoms with van der Waals surface area (Å²) in [5.41, 5.74) is 6.60. The van der Waals surface area contributed by atoms with E-state index in [1.807, 2.05) is 20.8 Å². The molecule has 1 aromatic carbocycles. The van der Waals surface area contributed by atoms with Gasteiger partial charge in [-0.25, -0.2) is 4.39 Å². The molecule has 3 unspecified atom stereocenters. The number of nitrogens with two attached hydrogens (primary N) is 1. The summed E-state index contributed by atoms with van der Waals surface area (Å²) >= 11 is 5.72. The van der Waals surface area contributed by atoms with Gasteiger partial charge < -0.3 is 11.1 Å². The van der Waals surface area contributed by atoms with Crippen LogP contribution in [-0.4, -0.2) is 11.9 Å². The second-order valence-electron chi connectivity index (χ2n) is 4.82. The van der Waals surface area contributed by atoms with Crippen molar-refractivity contribution < 1.29 is 9.18 Å². The summed E-state index contributed by atoms with van der Waals surface area (Å²) in [4.78, 5) is 11.9. The van der Waals surface area contributed by atoms with E-state index in [2.05, 4.69) is 5.32 Å². The maximum atomic E-state index is 13.1. The average molecular weight is 287 g/mol. The summed E-state index contributed by atoms with van der Waals surface area (Å²) in [7, 11) is 0. The van der Waals surface area contributed by atoms with Crippen LogP contribution in [-0.2, 0) is 4.79 Å². The topological polar surface area (TPSA) is 55.1 Å². The van der Waals surface area contributed by atoms with Gasteiger partial charge in [-0.1, -0.05) is 37.9 Å². The van der Waals surface area contributed by atoms with Crippen molar-refractivity contribution in [3.63, 3.8) is 0 Å². The predicted octanol–water partition coefficient (Wildman–Crippen LogP) is 3.03. The third kappa shape index (κ3) is 4.18. The Balaban J connectivity index is 2.71. The Kier molecular flexibility index (Phi) is 5.76. The number of hydrogen-bond acceptors (Lipinski definition) is 2. The summed E-state index contributed by atoms with van der Waals surface area (Å²) in [5, 5.41) is 2.86. The number of halogens is 2. The maximum absolute atomic E-state index is 13.1. The molecule has 0 bridgehead atoms. The molecule has 0 fully saturated rings. The number of carbonyl (C=O) groups excluding carboxylic acids is 1. The smallest absolute Gasteiger partial charge is 0.237 e. The normalized spacial score (nSPS) is 15.7. The lowest BCUT2D eigenvalue weighted by molar-refractivity contribution is -0.124. The van der Waals surface area contributed by atoms with Crippen LogP contribution in [0, 0.1) is 11.7 Å². The lowest BCUT2D eigenvalue weighted by atomic mass is 9.98. The Labute approximate surface area is 118 Å². The summed E-state index contributed by atoms with van der Waals surface area (Å²) in [6.45, 7) is 5.73. The summed E-state index contributed by atoms with van der Waals surface area (Å²) in [5.74, 6) is -0.563. The molecule has 0 aromatic heterocycles. The molecule has 0 spiro atoms. The number of benzene rings is 1. The second kappa shape index (κ2) is 6.87. The van der Waals surface area contributed by atoms with Crippen LogP contribution >= 0.6 is 11.6 Å².